The lowest BCUT2D eigenvalue weighted by atomic mass is 10.0. The van der Waals surface area contributed by atoms with E-state index in [1.54, 1.807) is 49.4 Å². The molecule has 0 saturated heterocycles. The molecule has 1 aliphatic heterocycles. The van der Waals surface area contributed by atoms with Crippen LogP contribution in [0, 0.1) is 0 Å². The fourth-order valence-electron chi connectivity index (χ4n) is 3.11. The topological polar surface area (TPSA) is 69.6 Å². The highest BCUT2D eigenvalue weighted by molar-refractivity contribution is 5.94. The van der Waals surface area contributed by atoms with Crippen molar-refractivity contribution < 1.29 is 27.9 Å². The number of carbonyl (C=O) groups is 2. The monoisotopic (exact) mass is 392 g/mol. The van der Waals surface area contributed by atoms with Crippen LogP contribution in [-0.4, -0.2) is 34.1 Å². The number of halogens is 3. The van der Waals surface area contributed by atoms with E-state index in [4.69, 9.17) is 0 Å². The number of aliphatic hydroxyl groups is 1. The van der Waals surface area contributed by atoms with Gasteiger partial charge in [0.05, 0.1) is 6.04 Å². The number of rotatable bonds is 4. The van der Waals surface area contributed by atoms with Gasteiger partial charge in [-0.25, -0.2) is 0 Å². The molecular weight excluding hydrogens is 373 g/mol. The first kappa shape index (κ1) is 19.9. The summed E-state index contributed by atoms with van der Waals surface area (Å²) >= 11 is 0. The van der Waals surface area contributed by atoms with E-state index < -0.39 is 18.2 Å². The van der Waals surface area contributed by atoms with E-state index in [1.165, 1.54) is 0 Å². The maximum absolute atomic E-state index is 12.6. The second-order valence-corrected chi connectivity index (χ2v) is 6.73. The lowest BCUT2D eigenvalue weighted by Crippen LogP contribution is -2.44. The van der Waals surface area contributed by atoms with Gasteiger partial charge in [-0.1, -0.05) is 36.4 Å². The number of amides is 2. The second-order valence-electron chi connectivity index (χ2n) is 6.73. The summed E-state index contributed by atoms with van der Waals surface area (Å²) in [6.45, 7) is 1.79. The largest absolute Gasteiger partial charge is 0.423 e. The minimum Gasteiger partial charge on any atom is -0.376 e. The number of nitrogens with zero attached hydrogens (tertiary/aromatic N) is 1. The number of nitrogens with one attached hydrogen (secondary N) is 1. The maximum Gasteiger partial charge on any atom is 0.423 e. The van der Waals surface area contributed by atoms with Crippen LogP contribution in [0.1, 0.15) is 40.0 Å². The molecule has 0 aromatic heterocycles. The van der Waals surface area contributed by atoms with E-state index in [9.17, 15) is 27.9 Å². The van der Waals surface area contributed by atoms with Gasteiger partial charge in [-0.15, -0.1) is 0 Å². The van der Waals surface area contributed by atoms with E-state index in [1.807, 2.05) is 6.07 Å². The standard InChI is InChI=1S/C20H19F3N2O3/c1-12(24-18(27)13-5-3-2-4-6-13)14-7-8-15-10-25(11-16(15)9-14)19(28)17(26)20(21,22)23/h2-9,12,17,26H,10-11H2,1H3,(H,24,27)/t12-,17-/m0/s1. The van der Waals surface area contributed by atoms with Gasteiger partial charge in [0.1, 0.15) is 0 Å². The molecule has 0 aliphatic carbocycles. The van der Waals surface area contributed by atoms with E-state index in [0.717, 1.165) is 10.5 Å². The number of hydrogen-bond acceptors (Lipinski definition) is 3. The van der Waals surface area contributed by atoms with Crippen molar-refractivity contribution in [3.63, 3.8) is 0 Å². The number of fused-ring (bicyclic) bond motifs is 1. The van der Waals surface area contributed by atoms with Crippen LogP contribution >= 0.6 is 0 Å². The Bertz CT molecular complexity index is 884. The molecule has 1 heterocycles. The second kappa shape index (κ2) is 7.63. The predicted octanol–water partition coefficient (Wildman–Crippen LogP) is 2.94. The first-order valence-corrected chi connectivity index (χ1v) is 8.68. The SMILES string of the molecule is C[C@H](NC(=O)c1ccccc1)c1ccc2c(c1)CN(C(=O)[C@H](O)C(F)(F)F)C2. The van der Waals surface area contributed by atoms with E-state index in [0.29, 0.717) is 16.7 Å². The number of carbonyl (C=O) groups excluding carboxylic acids is 2. The highest BCUT2D eigenvalue weighted by atomic mass is 19.4. The van der Waals surface area contributed by atoms with Gasteiger partial charge in [0.25, 0.3) is 11.8 Å². The van der Waals surface area contributed by atoms with E-state index >= 15 is 0 Å². The molecule has 0 saturated carbocycles. The van der Waals surface area contributed by atoms with Gasteiger partial charge in [-0.05, 0) is 35.7 Å². The Labute approximate surface area is 159 Å². The van der Waals surface area contributed by atoms with Crippen molar-refractivity contribution in [2.45, 2.75) is 38.3 Å². The van der Waals surface area contributed by atoms with Crippen molar-refractivity contribution in [1.29, 1.82) is 0 Å². The summed E-state index contributed by atoms with van der Waals surface area (Å²) in [7, 11) is 0. The Hall–Kier alpha value is -2.87. The van der Waals surface area contributed by atoms with Crippen LogP contribution in [0.5, 0.6) is 0 Å². The molecule has 3 rings (SSSR count). The van der Waals surface area contributed by atoms with E-state index in [-0.39, 0.29) is 25.0 Å². The van der Waals surface area contributed by atoms with Gasteiger partial charge in [0, 0.05) is 18.7 Å². The third-order valence-corrected chi connectivity index (χ3v) is 4.69. The molecule has 5 nitrogen and oxygen atoms in total. The van der Waals surface area contributed by atoms with Crippen LogP contribution in [0.3, 0.4) is 0 Å². The van der Waals surface area contributed by atoms with Crippen LogP contribution in [0.4, 0.5) is 13.2 Å². The first-order chi connectivity index (χ1) is 13.2. The average Bonchev–Trinajstić information content (AvgIpc) is 3.10. The van der Waals surface area contributed by atoms with Crippen molar-refractivity contribution in [1.82, 2.24) is 10.2 Å². The summed E-state index contributed by atoms with van der Waals surface area (Å²) in [5.41, 5.74) is 2.70. The zero-order chi connectivity index (χ0) is 20.5. The summed E-state index contributed by atoms with van der Waals surface area (Å²) in [4.78, 5) is 25.1. The highest BCUT2D eigenvalue weighted by Crippen LogP contribution is 2.29. The van der Waals surface area contributed by atoms with Crippen LogP contribution < -0.4 is 5.32 Å². The van der Waals surface area contributed by atoms with Crippen molar-refractivity contribution in [2.75, 3.05) is 0 Å². The molecule has 2 amide bonds. The van der Waals surface area contributed by atoms with E-state index in [2.05, 4.69) is 5.32 Å². The van der Waals surface area contributed by atoms with Gasteiger partial charge in [0.2, 0.25) is 6.10 Å². The third kappa shape index (κ3) is 4.17. The van der Waals surface area contributed by atoms with Crippen LogP contribution in [0.25, 0.3) is 0 Å². The molecule has 0 unspecified atom stereocenters. The average molecular weight is 392 g/mol. The number of aliphatic hydroxyl groups excluding tert-OH is 1. The minimum atomic E-state index is -4.99. The summed E-state index contributed by atoms with van der Waals surface area (Å²) in [5, 5.41) is 12.0. The molecule has 2 N–H and O–H groups in total. The number of alkyl halides is 3. The molecule has 2 aromatic rings. The molecule has 0 spiro atoms. The summed E-state index contributed by atoms with van der Waals surface area (Å²) in [6, 6.07) is 13.6. The van der Waals surface area contributed by atoms with Crippen molar-refractivity contribution >= 4 is 11.8 Å². The Balaban J connectivity index is 1.69. The predicted molar refractivity (Wildman–Crippen MR) is 95.1 cm³/mol. The van der Waals surface area contributed by atoms with Crippen molar-refractivity contribution in [3.05, 3.63) is 70.8 Å². The smallest absolute Gasteiger partial charge is 0.376 e. The Kier molecular flexibility index (Phi) is 5.42. The Morgan fingerprint density at radius 3 is 2.36 bits per heavy atom. The molecule has 0 bridgehead atoms. The summed E-state index contributed by atoms with van der Waals surface area (Å²) < 4.78 is 37.7. The molecule has 1 aliphatic rings. The van der Waals surface area contributed by atoms with Gasteiger partial charge in [0.15, 0.2) is 0 Å². The highest BCUT2D eigenvalue weighted by Gasteiger charge is 2.46. The fourth-order valence-corrected chi connectivity index (χ4v) is 3.11. The number of benzene rings is 2. The van der Waals surface area contributed by atoms with Crippen LogP contribution in [0.2, 0.25) is 0 Å². The fraction of sp³-hybridized carbons (Fsp3) is 0.300. The normalized spacial score (nSPS) is 15.7. The maximum atomic E-state index is 12.6. The van der Waals surface area contributed by atoms with Crippen LogP contribution in [-0.2, 0) is 17.9 Å². The van der Waals surface area contributed by atoms with Crippen molar-refractivity contribution in [2.24, 2.45) is 0 Å². The number of hydrogen-bond donors (Lipinski definition) is 2. The Morgan fingerprint density at radius 2 is 1.71 bits per heavy atom. The molecule has 8 heteroatoms. The third-order valence-electron chi connectivity index (χ3n) is 4.69. The lowest BCUT2D eigenvalue weighted by molar-refractivity contribution is -0.211. The molecule has 2 atom stereocenters. The lowest BCUT2D eigenvalue weighted by Gasteiger charge is -2.21. The Morgan fingerprint density at radius 1 is 1.07 bits per heavy atom. The van der Waals surface area contributed by atoms with Gasteiger partial charge in [-0.3, -0.25) is 9.59 Å². The minimum absolute atomic E-state index is 0.00629. The molecule has 148 valence electrons. The van der Waals surface area contributed by atoms with Crippen molar-refractivity contribution in [3.8, 4) is 0 Å². The first-order valence-electron chi connectivity index (χ1n) is 8.68. The summed E-state index contributed by atoms with van der Waals surface area (Å²) in [5.74, 6) is -1.60. The van der Waals surface area contributed by atoms with Gasteiger partial charge < -0.3 is 15.3 Å². The molecule has 0 radical (unpaired) electrons. The van der Waals surface area contributed by atoms with Gasteiger partial charge in [-0.2, -0.15) is 13.2 Å². The summed E-state index contributed by atoms with van der Waals surface area (Å²) in [6.07, 6.45) is -8.02. The van der Waals surface area contributed by atoms with Crippen LogP contribution in [0.15, 0.2) is 48.5 Å². The zero-order valence-corrected chi connectivity index (χ0v) is 15.0. The molecule has 0 fully saturated rings. The zero-order valence-electron chi connectivity index (χ0n) is 15.0. The molecular formula is C20H19F3N2O3. The molecule has 28 heavy (non-hydrogen) atoms. The quantitative estimate of drug-likeness (QED) is 0.841. The molecule has 2 aromatic carbocycles. The van der Waals surface area contributed by atoms with Gasteiger partial charge >= 0.3 is 6.18 Å².